The maximum atomic E-state index is 13.4. The Kier molecular flexibility index (Phi) is 6.90. The molecule has 1 aliphatic heterocycles. The Balaban J connectivity index is 2.20. The van der Waals surface area contributed by atoms with E-state index in [1.165, 1.54) is 4.57 Å². The summed E-state index contributed by atoms with van der Waals surface area (Å²) < 4.78 is 8.79. The van der Waals surface area contributed by atoms with Gasteiger partial charge in [0, 0.05) is 44.9 Å². The molecule has 0 aliphatic carbocycles. The molecular weight excluding hydrogens is 408 g/mol. The van der Waals surface area contributed by atoms with Gasteiger partial charge in [0.1, 0.15) is 11.5 Å². The van der Waals surface area contributed by atoms with E-state index in [2.05, 4.69) is 0 Å². The zero-order valence-corrected chi connectivity index (χ0v) is 18.6. The average Bonchev–Trinajstić information content (AvgIpc) is 2.97. The maximum absolute atomic E-state index is 13.4. The van der Waals surface area contributed by atoms with Gasteiger partial charge in [0.05, 0.1) is 0 Å². The van der Waals surface area contributed by atoms with Crippen LogP contribution < -0.4 is 21.0 Å². The summed E-state index contributed by atoms with van der Waals surface area (Å²) in [7, 11) is 1.83. The van der Waals surface area contributed by atoms with Crippen LogP contribution in [-0.2, 0) is 24.4 Å². The van der Waals surface area contributed by atoms with Crippen molar-refractivity contribution in [1.82, 2.24) is 9.13 Å². The molecule has 8 nitrogen and oxygen atoms in total. The molecule has 0 bridgehead atoms. The van der Waals surface area contributed by atoms with Gasteiger partial charge in [0.25, 0.3) is 5.56 Å². The topological polar surface area (TPSA) is 79.9 Å². The lowest BCUT2D eigenvalue weighted by Gasteiger charge is -2.30. The Morgan fingerprint density at radius 2 is 1.93 bits per heavy atom. The lowest BCUT2D eigenvalue weighted by molar-refractivity contribution is 0.0647. The molecule has 1 aromatic heterocycles. The van der Waals surface area contributed by atoms with Crippen LogP contribution in [0, 0.1) is 6.92 Å². The summed E-state index contributed by atoms with van der Waals surface area (Å²) >= 11 is 6.11. The van der Waals surface area contributed by atoms with E-state index in [9.17, 15) is 14.7 Å². The lowest BCUT2D eigenvalue weighted by Crippen LogP contribution is -2.44. The van der Waals surface area contributed by atoms with E-state index in [0.29, 0.717) is 42.6 Å². The van der Waals surface area contributed by atoms with Crippen molar-refractivity contribution in [2.75, 3.05) is 30.1 Å². The first kappa shape index (κ1) is 22.4. The van der Waals surface area contributed by atoms with Gasteiger partial charge in [-0.1, -0.05) is 17.7 Å². The average molecular weight is 437 g/mol. The molecule has 0 radical (unpaired) electrons. The van der Waals surface area contributed by atoms with E-state index in [1.54, 1.807) is 4.57 Å². The number of halogens is 1. The number of aromatic nitrogens is 2. The molecule has 2 heterocycles. The zero-order chi connectivity index (χ0) is 22.0. The van der Waals surface area contributed by atoms with Crippen LogP contribution in [0.4, 0.5) is 11.5 Å². The molecule has 164 valence electrons. The number of nitrogens with zero attached hydrogens (tertiary/aromatic N) is 4. The van der Waals surface area contributed by atoms with Crippen molar-refractivity contribution in [1.29, 1.82) is 0 Å². The third-order valence-corrected chi connectivity index (χ3v) is 5.65. The minimum Gasteiger partial charge on any atom is -0.396 e. The predicted octanol–water partition coefficient (Wildman–Crippen LogP) is 2.15. The minimum atomic E-state index is -0.515. The Hall–Kier alpha value is -2.29. The first-order valence-corrected chi connectivity index (χ1v) is 10.6. The second kappa shape index (κ2) is 9.24. The van der Waals surface area contributed by atoms with Crippen LogP contribution in [0.1, 0.15) is 31.4 Å². The molecule has 1 atom stereocenters. The Bertz CT molecular complexity index is 1030. The van der Waals surface area contributed by atoms with Crippen LogP contribution in [-0.4, -0.2) is 40.9 Å². The highest BCUT2D eigenvalue weighted by Gasteiger charge is 2.40. The molecule has 1 N–H and O–H groups in total. The first-order chi connectivity index (χ1) is 14.3. The van der Waals surface area contributed by atoms with E-state index in [4.69, 9.17) is 16.3 Å². The fourth-order valence-corrected chi connectivity index (χ4v) is 4.17. The van der Waals surface area contributed by atoms with Gasteiger partial charge in [-0.2, -0.15) is 0 Å². The molecule has 9 heteroatoms. The number of hydrogen-bond acceptors (Lipinski definition) is 6. The molecular formula is C21H29ClN4O4. The third kappa shape index (κ3) is 3.87. The van der Waals surface area contributed by atoms with E-state index < -0.39 is 6.35 Å². The number of fused-ring (bicyclic) bond motifs is 1. The fraction of sp³-hybridized carbons (Fsp3) is 0.524. The standard InChI is InChI=1S/C21H29ClN4O4/c1-5-24-18-17(19(28)25(20(24)29)10-7-11-27)26(21(23(18)4)30-6-2)13-15-8-9-16(22)12-14(15)3/h8-9,12,21,27H,5-7,10-11,13H2,1-4H3. The van der Waals surface area contributed by atoms with Crippen LogP contribution >= 0.6 is 11.6 Å². The molecule has 3 rings (SSSR count). The summed E-state index contributed by atoms with van der Waals surface area (Å²) in [5.74, 6) is 0.554. The number of aliphatic hydroxyl groups excluding tert-OH is 1. The van der Waals surface area contributed by atoms with Gasteiger partial charge in [-0.3, -0.25) is 13.9 Å². The first-order valence-electron chi connectivity index (χ1n) is 10.2. The number of anilines is 2. The highest BCUT2D eigenvalue weighted by atomic mass is 35.5. The van der Waals surface area contributed by atoms with E-state index in [0.717, 1.165) is 11.1 Å². The summed E-state index contributed by atoms with van der Waals surface area (Å²) in [5, 5.41) is 9.86. The Labute approximate surface area is 180 Å². The normalized spacial score (nSPS) is 15.7. The fourth-order valence-electron chi connectivity index (χ4n) is 3.95. The molecule has 2 aromatic rings. The Morgan fingerprint density at radius 3 is 2.53 bits per heavy atom. The number of aliphatic hydroxyl groups is 1. The number of benzene rings is 1. The predicted molar refractivity (Wildman–Crippen MR) is 119 cm³/mol. The molecule has 1 aromatic carbocycles. The molecule has 30 heavy (non-hydrogen) atoms. The van der Waals surface area contributed by atoms with Crippen LogP contribution in [0.15, 0.2) is 27.8 Å². The van der Waals surface area contributed by atoms with Gasteiger partial charge in [-0.25, -0.2) is 4.79 Å². The number of hydrogen-bond donors (Lipinski definition) is 1. The van der Waals surface area contributed by atoms with Crippen molar-refractivity contribution >= 4 is 23.1 Å². The van der Waals surface area contributed by atoms with Crippen molar-refractivity contribution in [2.24, 2.45) is 0 Å². The van der Waals surface area contributed by atoms with E-state index in [-0.39, 0.29) is 24.4 Å². The third-order valence-electron chi connectivity index (χ3n) is 5.41. The Morgan fingerprint density at radius 1 is 1.20 bits per heavy atom. The van der Waals surface area contributed by atoms with E-state index in [1.807, 2.05) is 55.8 Å². The van der Waals surface area contributed by atoms with Crippen LogP contribution in [0.25, 0.3) is 0 Å². The van der Waals surface area contributed by atoms with Crippen LogP contribution in [0.3, 0.4) is 0 Å². The van der Waals surface area contributed by atoms with Crippen molar-refractivity contribution < 1.29 is 9.84 Å². The monoisotopic (exact) mass is 436 g/mol. The van der Waals surface area contributed by atoms with Gasteiger partial charge in [0.15, 0.2) is 0 Å². The second-order valence-corrected chi connectivity index (χ2v) is 7.76. The second-order valence-electron chi connectivity index (χ2n) is 7.32. The summed E-state index contributed by atoms with van der Waals surface area (Å²) in [4.78, 5) is 30.2. The van der Waals surface area contributed by atoms with Gasteiger partial charge >= 0.3 is 5.69 Å². The minimum absolute atomic E-state index is 0.0930. The lowest BCUT2D eigenvalue weighted by atomic mass is 10.1. The maximum Gasteiger partial charge on any atom is 0.332 e. The van der Waals surface area contributed by atoms with Gasteiger partial charge in [-0.05, 0) is 50.5 Å². The van der Waals surface area contributed by atoms with Crippen LogP contribution in [0.2, 0.25) is 5.02 Å². The molecule has 0 spiro atoms. The number of aryl methyl sites for hydroxylation is 1. The van der Waals surface area contributed by atoms with E-state index >= 15 is 0 Å². The smallest absolute Gasteiger partial charge is 0.332 e. The highest BCUT2D eigenvalue weighted by molar-refractivity contribution is 6.30. The van der Waals surface area contributed by atoms with Gasteiger partial charge < -0.3 is 19.6 Å². The largest absolute Gasteiger partial charge is 0.396 e. The van der Waals surface area contributed by atoms with Crippen LogP contribution in [0.5, 0.6) is 0 Å². The van der Waals surface area contributed by atoms with Crippen molar-refractivity contribution in [3.05, 3.63) is 55.2 Å². The zero-order valence-electron chi connectivity index (χ0n) is 17.9. The quantitative estimate of drug-likeness (QED) is 0.683. The van der Waals surface area contributed by atoms with Crippen molar-refractivity contribution in [3.8, 4) is 0 Å². The molecule has 1 aliphatic rings. The SMILES string of the molecule is CCOC1N(C)c2c(c(=O)n(CCCO)c(=O)n2CC)N1Cc1ccc(Cl)cc1C. The van der Waals surface area contributed by atoms with Crippen molar-refractivity contribution in [3.63, 3.8) is 0 Å². The molecule has 1 unspecified atom stereocenters. The molecule has 0 saturated carbocycles. The summed E-state index contributed by atoms with van der Waals surface area (Å²) in [6.45, 7) is 7.12. The van der Waals surface area contributed by atoms with Gasteiger partial charge in [0.2, 0.25) is 6.35 Å². The molecule has 0 saturated heterocycles. The van der Waals surface area contributed by atoms with Crippen molar-refractivity contribution in [2.45, 2.75) is 53.2 Å². The summed E-state index contributed by atoms with van der Waals surface area (Å²) in [6, 6.07) is 5.66. The van der Waals surface area contributed by atoms with Gasteiger partial charge in [-0.15, -0.1) is 0 Å². The number of ether oxygens (including phenoxy) is 1. The highest BCUT2D eigenvalue weighted by Crippen LogP contribution is 2.37. The summed E-state index contributed by atoms with van der Waals surface area (Å²) in [5.41, 5.74) is 1.72. The summed E-state index contributed by atoms with van der Waals surface area (Å²) in [6.07, 6.45) is -0.183. The number of rotatable bonds is 8. The molecule has 0 amide bonds. The molecule has 0 fully saturated rings.